The number of hydrogen-bond donors (Lipinski definition) is 2. The van der Waals surface area contributed by atoms with Gasteiger partial charge in [0.2, 0.25) is 0 Å². The van der Waals surface area contributed by atoms with Gasteiger partial charge in [-0.15, -0.1) is 0 Å². The molecule has 3 N–H and O–H groups in total. The Balaban J connectivity index is 2.35. The van der Waals surface area contributed by atoms with E-state index in [4.69, 9.17) is 5.73 Å². The van der Waals surface area contributed by atoms with Crippen LogP contribution < -0.4 is 11.1 Å². The van der Waals surface area contributed by atoms with Crippen molar-refractivity contribution < 1.29 is 4.79 Å². The highest BCUT2D eigenvalue weighted by atomic mass is 16.1. The van der Waals surface area contributed by atoms with Gasteiger partial charge in [0.15, 0.2) is 0 Å². The maximum Gasteiger partial charge on any atom is 0.252 e. The lowest BCUT2D eigenvalue weighted by Gasteiger charge is -2.09. The third kappa shape index (κ3) is 1.58. The SMILES string of the molecule is NC(=O)c1cncnc1[C@@H]1CCNC1. The molecule has 0 spiro atoms. The van der Waals surface area contributed by atoms with E-state index < -0.39 is 5.91 Å². The predicted octanol–water partition coefficient (Wildman–Crippen LogP) is -0.348. The minimum atomic E-state index is -0.451. The third-order valence-corrected chi connectivity index (χ3v) is 2.46. The van der Waals surface area contributed by atoms with Crippen LogP contribution in [-0.2, 0) is 0 Å². The van der Waals surface area contributed by atoms with Gasteiger partial charge in [-0.05, 0) is 13.0 Å². The molecule has 0 bridgehead atoms. The molecule has 0 saturated carbocycles. The van der Waals surface area contributed by atoms with Crippen LogP contribution in [-0.4, -0.2) is 29.0 Å². The van der Waals surface area contributed by atoms with E-state index in [1.54, 1.807) is 0 Å². The summed E-state index contributed by atoms with van der Waals surface area (Å²) in [4.78, 5) is 19.0. The largest absolute Gasteiger partial charge is 0.365 e. The second kappa shape index (κ2) is 3.71. The highest BCUT2D eigenvalue weighted by Crippen LogP contribution is 2.22. The summed E-state index contributed by atoms with van der Waals surface area (Å²) in [5.41, 5.74) is 6.46. The molecule has 1 amide bonds. The van der Waals surface area contributed by atoms with Crippen LogP contribution in [0.1, 0.15) is 28.4 Å². The summed E-state index contributed by atoms with van der Waals surface area (Å²) in [6, 6.07) is 0. The highest BCUT2D eigenvalue weighted by molar-refractivity contribution is 5.93. The van der Waals surface area contributed by atoms with E-state index >= 15 is 0 Å². The molecular formula is C9H12N4O. The lowest BCUT2D eigenvalue weighted by Crippen LogP contribution is -2.18. The number of amides is 1. The van der Waals surface area contributed by atoms with Gasteiger partial charge in [-0.2, -0.15) is 0 Å². The first-order valence-electron chi connectivity index (χ1n) is 4.59. The number of carbonyl (C=O) groups excluding carboxylic acids is 1. The zero-order chi connectivity index (χ0) is 9.97. The number of nitrogens with one attached hydrogen (secondary N) is 1. The number of rotatable bonds is 2. The van der Waals surface area contributed by atoms with Gasteiger partial charge in [0.05, 0.1) is 11.3 Å². The molecule has 74 valence electrons. The molecule has 5 nitrogen and oxygen atoms in total. The smallest absolute Gasteiger partial charge is 0.252 e. The van der Waals surface area contributed by atoms with Crippen molar-refractivity contribution in [3.63, 3.8) is 0 Å². The maximum atomic E-state index is 11.1. The Kier molecular flexibility index (Phi) is 2.41. The molecule has 0 unspecified atom stereocenters. The lowest BCUT2D eigenvalue weighted by molar-refractivity contribution is 0.0998. The summed E-state index contributed by atoms with van der Waals surface area (Å²) in [6.07, 6.45) is 3.94. The van der Waals surface area contributed by atoms with Gasteiger partial charge in [-0.1, -0.05) is 0 Å². The van der Waals surface area contributed by atoms with Crippen LogP contribution in [0.3, 0.4) is 0 Å². The van der Waals surface area contributed by atoms with Crippen LogP contribution in [0, 0.1) is 0 Å². The van der Waals surface area contributed by atoms with E-state index in [9.17, 15) is 4.79 Å². The molecule has 1 aromatic rings. The topological polar surface area (TPSA) is 80.9 Å². The molecule has 1 saturated heterocycles. The van der Waals surface area contributed by atoms with Gasteiger partial charge < -0.3 is 11.1 Å². The molecule has 2 heterocycles. The van der Waals surface area contributed by atoms with E-state index in [2.05, 4.69) is 15.3 Å². The fraction of sp³-hybridized carbons (Fsp3) is 0.444. The number of carbonyl (C=O) groups is 1. The van der Waals surface area contributed by atoms with Crippen molar-refractivity contribution in [1.29, 1.82) is 0 Å². The summed E-state index contributed by atoms with van der Waals surface area (Å²) in [6.45, 7) is 1.82. The first-order chi connectivity index (χ1) is 6.79. The maximum absolute atomic E-state index is 11.1. The first-order valence-corrected chi connectivity index (χ1v) is 4.59. The van der Waals surface area contributed by atoms with Gasteiger partial charge in [-0.3, -0.25) is 4.79 Å². The van der Waals surface area contributed by atoms with Crippen LogP contribution in [0.25, 0.3) is 0 Å². The van der Waals surface area contributed by atoms with Crippen molar-refractivity contribution in [3.05, 3.63) is 23.8 Å². The number of primary amides is 1. The van der Waals surface area contributed by atoms with Crippen molar-refractivity contribution in [2.45, 2.75) is 12.3 Å². The minimum Gasteiger partial charge on any atom is -0.365 e. The van der Waals surface area contributed by atoms with Crippen molar-refractivity contribution in [2.75, 3.05) is 13.1 Å². The summed E-state index contributed by atoms with van der Waals surface area (Å²) in [5, 5.41) is 3.22. The number of hydrogen-bond acceptors (Lipinski definition) is 4. The molecule has 0 radical (unpaired) electrons. The average Bonchev–Trinajstić information content (AvgIpc) is 2.70. The number of nitrogens with zero attached hydrogens (tertiary/aromatic N) is 2. The Morgan fingerprint density at radius 1 is 1.64 bits per heavy atom. The van der Waals surface area contributed by atoms with Crippen molar-refractivity contribution in [2.24, 2.45) is 5.73 Å². The molecule has 5 heteroatoms. The van der Waals surface area contributed by atoms with E-state index in [0.29, 0.717) is 11.5 Å². The molecule has 0 aliphatic carbocycles. The summed E-state index contributed by atoms with van der Waals surface area (Å²) < 4.78 is 0. The molecule has 1 aliphatic heterocycles. The van der Waals surface area contributed by atoms with E-state index in [1.165, 1.54) is 12.5 Å². The monoisotopic (exact) mass is 192 g/mol. The second-order valence-electron chi connectivity index (χ2n) is 3.38. The summed E-state index contributed by atoms with van der Waals surface area (Å²) in [7, 11) is 0. The molecule has 2 rings (SSSR count). The third-order valence-electron chi connectivity index (χ3n) is 2.46. The Hall–Kier alpha value is -1.49. The van der Waals surface area contributed by atoms with E-state index in [-0.39, 0.29) is 0 Å². The summed E-state index contributed by atoms with van der Waals surface area (Å²) >= 11 is 0. The molecule has 1 fully saturated rings. The normalized spacial score (nSPS) is 21.0. The van der Waals surface area contributed by atoms with E-state index in [0.717, 1.165) is 25.2 Å². The van der Waals surface area contributed by atoms with Crippen molar-refractivity contribution in [1.82, 2.24) is 15.3 Å². The first kappa shape index (κ1) is 9.08. The quantitative estimate of drug-likeness (QED) is 0.671. The molecule has 0 aromatic carbocycles. The van der Waals surface area contributed by atoms with Crippen LogP contribution in [0.2, 0.25) is 0 Å². The standard InChI is InChI=1S/C9H12N4O/c10-9(14)7-4-12-5-13-8(7)6-1-2-11-3-6/h4-6,11H,1-3H2,(H2,10,14)/t6-/m1/s1. The van der Waals surface area contributed by atoms with Crippen LogP contribution in [0.5, 0.6) is 0 Å². The van der Waals surface area contributed by atoms with Crippen LogP contribution in [0.4, 0.5) is 0 Å². The Morgan fingerprint density at radius 3 is 3.14 bits per heavy atom. The molecule has 14 heavy (non-hydrogen) atoms. The predicted molar refractivity (Wildman–Crippen MR) is 50.8 cm³/mol. The highest BCUT2D eigenvalue weighted by Gasteiger charge is 2.22. The van der Waals surface area contributed by atoms with Crippen LogP contribution in [0.15, 0.2) is 12.5 Å². The van der Waals surface area contributed by atoms with Crippen molar-refractivity contribution >= 4 is 5.91 Å². The fourth-order valence-electron chi connectivity index (χ4n) is 1.74. The van der Waals surface area contributed by atoms with Crippen LogP contribution >= 0.6 is 0 Å². The minimum absolute atomic E-state index is 0.292. The van der Waals surface area contributed by atoms with Gasteiger partial charge in [0, 0.05) is 18.7 Å². The van der Waals surface area contributed by atoms with Gasteiger partial charge in [-0.25, -0.2) is 9.97 Å². The molecule has 1 aromatic heterocycles. The van der Waals surface area contributed by atoms with Gasteiger partial charge in [0.1, 0.15) is 6.33 Å². The Bertz CT molecular complexity index is 346. The Morgan fingerprint density at radius 2 is 2.50 bits per heavy atom. The average molecular weight is 192 g/mol. The zero-order valence-electron chi connectivity index (χ0n) is 7.73. The zero-order valence-corrected chi connectivity index (χ0v) is 7.73. The van der Waals surface area contributed by atoms with Crippen molar-refractivity contribution in [3.8, 4) is 0 Å². The number of aromatic nitrogens is 2. The van der Waals surface area contributed by atoms with E-state index in [1.807, 2.05) is 0 Å². The fourth-order valence-corrected chi connectivity index (χ4v) is 1.74. The molecule has 1 atom stereocenters. The summed E-state index contributed by atoms with van der Waals surface area (Å²) in [5.74, 6) is -0.159. The number of nitrogens with two attached hydrogens (primary N) is 1. The second-order valence-corrected chi connectivity index (χ2v) is 3.38. The Labute approximate surface area is 81.7 Å². The lowest BCUT2D eigenvalue weighted by atomic mass is 10.0. The van der Waals surface area contributed by atoms with Gasteiger partial charge >= 0.3 is 0 Å². The molecule has 1 aliphatic rings. The van der Waals surface area contributed by atoms with Gasteiger partial charge in [0.25, 0.3) is 5.91 Å². The molecular weight excluding hydrogens is 180 g/mol.